The lowest BCUT2D eigenvalue weighted by molar-refractivity contribution is -0.384. The molecule has 0 radical (unpaired) electrons. The van der Waals surface area contributed by atoms with Gasteiger partial charge in [-0.25, -0.2) is 0 Å². The fourth-order valence-electron chi connectivity index (χ4n) is 1.42. The molecule has 1 heterocycles. The molecule has 1 N–H and O–H groups in total. The van der Waals surface area contributed by atoms with Crippen LogP contribution in [-0.4, -0.2) is 33.3 Å². The van der Waals surface area contributed by atoms with Crippen molar-refractivity contribution in [1.82, 2.24) is 0 Å². The van der Waals surface area contributed by atoms with E-state index in [2.05, 4.69) is 10.3 Å². The maximum atomic E-state index is 11.7. The van der Waals surface area contributed by atoms with E-state index in [0.717, 1.165) is 16.7 Å². The quantitative estimate of drug-likeness (QED) is 0.681. The Hall–Kier alpha value is -1.54. The van der Waals surface area contributed by atoms with Crippen molar-refractivity contribution in [2.24, 2.45) is 4.99 Å². The molecular formula is C11H11N3O3S2. The lowest BCUT2D eigenvalue weighted by Crippen LogP contribution is -2.14. The molecule has 0 aromatic heterocycles. The monoisotopic (exact) mass is 297 g/mol. The molecule has 2 rings (SSSR count). The number of rotatable bonds is 4. The van der Waals surface area contributed by atoms with E-state index in [4.69, 9.17) is 0 Å². The summed E-state index contributed by atoms with van der Waals surface area (Å²) in [5.74, 6) is 1.03. The average Bonchev–Trinajstić information content (AvgIpc) is 2.90. The molecule has 6 nitrogen and oxygen atoms in total. The number of nitrogens with one attached hydrogen (secondary N) is 1. The third-order valence-electron chi connectivity index (χ3n) is 2.23. The summed E-state index contributed by atoms with van der Waals surface area (Å²) < 4.78 is 0.925. The van der Waals surface area contributed by atoms with Gasteiger partial charge in [-0.1, -0.05) is 29.6 Å². The number of carbonyl (C=O) groups is 1. The van der Waals surface area contributed by atoms with Crippen LogP contribution in [0.25, 0.3) is 0 Å². The van der Waals surface area contributed by atoms with E-state index in [-0.39, 0.29) is 17.3 Å². The van der Waals surface area contributed by atoms with Crippen molar-refractivity contribution in [1.29, 1.82) is 0 Å². The lowest BCUT2D eigenvalue weighted by atomic mass is 10.3. The molecule has 1 aromatic rings. The van der Waals surface area contributed by atoms with Crippen LogP contribution in [0.4, 0.5) is 11.4 Å². The third-order valence-corrected chi connectivity index (χ3v) is 4.48. The summed E-state index contributed by atoms with van der Waals surface area (Å²) in [6, 6.07) is 5.88. The molecule has 100 valence electrons. The number of anilines is 1. The molecular weight excluding hydrogens is 286 g/mol. The number of amides is 1. The van der Waals surface area contributed by atoms with E-state index in [9.17, 15) is 14.9 Å². The van der Waals surface area contributed by atoms with Crippen LogP contribution in [-0.2, 0) is 4.79 Å². The average molecular weight is 297 g/mol. The first-order valence-electron chi connectivity index (χ1n) is 5.49. The second-order valence-corrected chi connectivity index (χ2v) is 5.95. The fraction of sp³-hybridized carbons (Fsp3) is 0.273. The van der Waals surface area contributed by atoms with Gasteiger partial charge in [-0.3, -0.25) is 19.9 Å². The molecule has 0 saturated carbocycles. The third kappa shape index (κ3) is 4.25. The summed E-state index contributed by atoms with van der Waals surface area (Å²) in [4.78, 5) is 26.0. The number of nitro groups is 1. The summed E-state index contributed by atoms with van der Waals surface area (Å²) in [5, 5.41) is 13.2. The smallest absolute Gasteiger partial charge is 0.271 e. The molecule has 0 fully saturated rings. The van der Waals surface area contributed by atoms with Crippen LogP contribution in [0, 0.1) is 10.1 Å². The summed E-state index contributed by atoms with van der Waals surface area (Å²) in [6.45, 7) is 0.805. The zero-order chi connectivity index (χ0) is 13.7. The lowest BCUT2D eigenvalue weighted by Gasteiger charge is -2.04. The Morgan fingerprint density at radius 2 is 2.42 bits per heavy atom. The summed E-state index contributed by atoms with van der Waals surface area (Å²) in [5.41, 5.74) is 0.391. The molecule has 1 aliphatic rings. The van der Waals surface area contributed by atoms with E-state index in [0.29, 0.717) is 5.69 Å². The van der Waals surface area contributed by atoms with Gasteiger partial charge in [0, 0.05) is 23.6 Å². The zero-order valence-corrected chi connectivity index (χ0v) is 11.5. The van der Waals surface area contributed by atoms with E-state index in [1.807, 2.05) is 0 Å². The van der Waals surface area contributed by atoms with Crippen LogP contribution < -0.4 is 5.32 Å². The van der Waals surface area contributed by atoms with E-state index >= 15 is 0 Å². The van der Waals surface area contributed by atoms with Gasteiger partial charge in [0.25, 0.3) is 5.69 Å². The standard InChI is InChI=1S/C11H11N3O3S2/c15-10(7-19-11-12-4-5-18-11)13-8-2-1-3-9(6-8)14(16)17/h1-3,6H,4-5,7H2,(H,13,15). The highest BCUT2D eigenvalue weighted by Crippen LogP contribution is 2.22. The molecule has 1 amide bonds. The second-order valence-electron chi connectivity index (χ2n) is 3.64. The van der Waals surface area contributed by atoms with Crippen molar-refractivity contribution >= 4 is 45.2 Å². The van der Waals surface area contributed by atoms with Crippen LogP contribution >= 0.6 is 23.5 Å². The first-order valence-corrected chi connectivity index (χ1v) is 7.46. The molecule has 0 atom stereocenters. The van der Waals surface area contributed by atoms with Crippen LogP contribution in [0.3, 0.4) is 0 Å². The summed E-state index contributed by atoms with van der Waals surface area (Å²) >= 11 is 3.03. The Morgan fingerprint density at radius 1 is 1.58 bits per heavy atom. The van der Waals surface area contributed by atoms with Crippen LogP contribution in [0.2, 0.25) is 0 Å². The second kappa shape index (κ2) is 6.58. The largest absolute Gasteiger partial charge is 0.325 e. The number of nitrogens with zero attached hydrogens (tertiary/aromatic N) is 2. The van der Waals surface area contributed by atoms with Crippen molar-refractivity contribution in [3.05, 3.63) is 34.4 Å². The topological polar surface area (TPSA) is 84.6 Å². The van der Waals surface area contributed by atoms with Gasteiger partial charge in [0.05, 0.1) is 17.2 Å². The number of carbonyl (C=O) groups excluding carboxylic acids is 1. The molecule has 0 unspecified atom stereocenters. The minimum absolute atomic E-state index is 0.0406. The number of thioether (sulfide) groups is 2. The molecule has 19 heavy (non-hydrogen) atoms. The van der Waals surface area contributed by atoms with Gasteiger partial charge >= 0.3 is 0 Å². The van der Waals surface area contributed by atoms with Crippen LogP contribution in [0.5, 0.6) is 0 Å². The highest BCUT2D eigenvalue weighted by Gasteiger charge is 2.12. The minimum Gasteiger partial charge on any atom is -0.325 e. The number of nitro benzene ring substituents is 1. The van der Waals surface area contributed by atoms with Crippen molar-refractivity contribution in [2.45, 2.75) is 0 Å². The van der Waals surface area contributed by atoms with Crippen molar-refractivity contribution in [2.75, 3.05) is 23.4 Å². The van der Waals surface area contributed by atoms with Gasteiger partial charge in [0.2, 0.25) is 5.91 Å². The van der Waals surface area contributed by atoms with Crippen LogP contribution in [0.15, 0.2) is 29.3 Å². The Morgan fingerprint density at radius 3 is 3.11 bits per heavy atom. The predicted molar refractivity (Wildman–Crippen MR) is 78.9 cm³/mol. The number of hydrogen-bond acceptors (Lipinski definition) is 6. The van der Waals surface area contributed by atoms with Gasteiger partial charge in [-0.2, -0.15) is 0 Å². The SMILES string of the molecule is O=C(CSC1=NCCS1)Nc1cccc([N+](=O)[O-])c1. The minimum atomic E-state index is -0.492. The maximum absolute atomic E-state index is 11.7. The van der Waals surface area contributed by atoms with E-state index in [1.165, 1.54) is 30.0 Å². The predicted octanol–water partition coefficient (Wildman–Crippen LogP) is 2.37. The maximum Gasteiger partial charge on any atom is 0.271 e. The Bertz CT molecular complexity index is 534. The first-order chi connectivity index (χ1) is 9.15. The molecule has 1 aromatic carbocycles. The Kier molecular flexibility index (Phi) is 4.80. The molecule has 0 bridgehead atoms. The number of aliphatic imine (C=N–C) groups is 1. The number of benzene rings is 1. The van der Waals surface area contributed by atoms with Gasteiger partial charge in [-0.05, 0) is 6.07 Å². The normalized spacial score (nSPS) is 14.0. The number of hydrogen-bond donors (Lipinski definition) is 1. The van der Waals surface area contributed by atoms with Gasteiger partial charge < -0.3 is 5.32 Å². The van der Waals surface area contributed by atoms with Gasteiger partial charge in [0.1, 0.15) is 4.38 Å². The molecule has 8 heteroatoms. The van der Waals surface area contributed by atoms with Gasteiger partial charge in [0.15, 0.2) is 0 Å². The van der Waals surface area contributed by atoms with Crippen LogP contribution in [0.1, 0.15) is 0 Å². The van der Waals surface area contributed by atoms with E-state index in [1.54, 1.807) is 17.8 Å². The van der Waals surface area contributed by atoms with Gasteiger partial charge in [-0.15, -0.1) is 0 Å². The number of non-ortho nitro benzene ring substituents is 1. The van der Waals surface area contributed by atoms with Crippen molar-refractivity contribution < 1.29 is 9.72 Å². The van der Waals surface area contributed by atoms with E-state index < -0.39 is 4.92 Å². The molecule has 0 aliphatic carbocycles. The highest BCUT2D eigenvalue weighted by atomic mass is 32.2. The van der Waals surface area contributed by atoms with Crippen molar-refractivity contribution in [3.8, 4) is 0 Å². The zero-order valence-electron chi connectivity index (χ0n) is 9.87. The summed E-state index contributed by atoms with van der Waals surface area (Å²) in [7, 11) is 0. The Balaban J connectivity index is 1.87. The Labute approximate surface area is 118 Å². The highest BCUT2D eigenvalue weighted by molar-refractivity contribution is 8.39. The molecule has 0 spiro atoms. The first kappa shape index (κ1) is 13.9. The fourth-order valence-corrected chi connectivity index (χ4v) is 3.23. The molecule has 1 aliphatic heterocycles. The molecule has 0 saturated heterocycles. The summed E-state index contributed by atoms with van der Waals surface area (Å²) in [6.07, 6.45) is 0. The van der Waals surface area contributed by atoms with Crippen molar-refractivity contribution in [3.63, 3.8) is 0 Å².